The first-order chi connectivity index (χ1) is 16.0. The molecule has 0 unspecified atom stereocenters. The van der Waals surface area contributed by atoms with E-state index in [1.807, 2.05) is 56.3 Å². The summed E-state index contributed by atoms with van der Waals surface area (Å²) in [6.07, 6.45) is 1.14. The van der Waals surface area contributed by atoms with Gasteiger partial charge < -0.3 is 14.8 Å². The summed E-state index contributed by atoms with van der Waals surface area (Å²) in [4.78, 5) is 26.7. The van der Waals surface area contributed by atoms with Gasteiger partial charge in [-0.05, 0) is 49.4 Å². The van der Waals surface area contributed by atoms with Crippen molar-refractivity contribution in [3.8, 4) is 0 Å². The van der Waals surface area contributed by atoms with Crippen LogP contribution in [0.25, 0.3) is 0 Å². The Morgan fingerprint density at radius 1 is 1.06 bits per heavy atom. The Bertz CT molecular complexity index is 1110. The lowest BCUT2D eigenvalue weighted by atomic mass is 9.72. The van der Waals surface area contributed by atoms with Gasteiger partial charge in [0.05, 0.1) is 12.2 Å². The maximum atomic E-state index is 13.6. The zero-order valence-electron chi connectivity index (χ0n) is 18.9. The van der Waals surface area contributed by atoms with Crippen molar-refractivity contribution in [2.75, 3.05) is 19.8 Å². The summed E-state index contributed by atoms with van der Waals surface area (Å²) >= 11 is 3.54. The fourth-order valence-corrected chi connectivity index (χ4v) is 5.12. The van der Waals surface area contributed by atoms with E-state index >= 15 is 0 Å². The third kappa shape index (κ3) is 5.12. The smallest absolute Gasteiger partial charge is 0.336 e. The molecule has 0 saturated carbocycles. The Morgan fingerprint density at radius 2 is 1.82 bits per heavy atom. The molecule has 1 aliphatic heterocycles. The van der Waals surface area contributed by atoms with Crippen molar-refractivity contribution in [1.29, 1.82) is 0 Å². The summed E-state index contributed by atoms with van der Waals surface area (Å²) < 4.78 is 11.7. The fourth-order valence-electron chi connectivity index (χ4n) is 4.71. The molecule has 2 atom stereocenters. The molecule has 2 aliphatic rings. The van der Waals surface area contributed by atoms with Crippen LogP contribution in [0.2, 0.25) is 0 Å². The number of allylic oxidation sites excluding steroid dienone is 3. The van der Waals surface area contributed by atoms with Gasteiger partial charge in [0.2, 0.25) is 0 Å². The molecular weight excluding hydrogens is 482 g/mol. The van der Waals surface area contributed by atoms with E-state index in [1.54, 1.807) is 0 Å². The van der Waals surface area contributed by atoms with Gasteiger partial charge in [-0.25, -0.2) is 4.79 Å². The van der Waals surface area contributed by atoms with E-state index in [4.69, 9.17) is 9.47 Å². The fraction of sp³-hybridized carbons (Fsp3) is 0.333. The first-order valence-corrected chi connectivity index (χ1v) is 12.1. The Labute approximate surface area is 203 Å². The zero-order valence-corrected chi connectivity index (χ0v) is 20.5. The number of hydrogen-bond acceptors (Lipinski definition) is 5. The lowest BCUT2D eigenvalue weighted by molar-refractivity contribution is -0.140. The highest BCUT2D eigenvalue weighted by Gasteiger charge is 2.41. The molecule has 0 fully saturated rings. The van der Waals surface area contributed by atoms with E-state index < -0.39 is 11.9 Å². The van der Waals surface area contributed by atoms with Gasteiger partial charge in [-0.2, -0.15) is 0 Å². The molecule has 2 aromatic rings. The molecule has 172 valence electrons. The second-order valence-corrected chi connectivity index (χ2v) is 9.23. The standard InChI is InChI=1S/C27H28BrNO4/c1-3-32-12-13-33-27(31)24-17(2)29-22-15-20(18-8-5-4-6-9-18)16-23(30)26(22)25(24)19-10-7-11-21(28)14-19/h4-11,14,20,25,29H,3,12-13,15-16H2,1-2H3/t20-,25-/m0/s1. The number of esters is 1. The minimum Gasteiger partial charge on any atom is -0.460 e. The quantitative estimate of drug-likeness (QED) is 0.400. The van der Waals surface area contributed by atoms with Crippen molar-refractivity contribution in [1.82, 2.24) is 5.32 Å². The van der Waals surface area contributed by atoms with Crippen molar-refractivity contribution < 1.29 is 19.1 Å². The summed E-state index contributed by atoms with van der Waals surface area (Å²) in [7, 11) is 0. The van der Waals surface area contributed by atoms with E-state index in [-0.39, 0.29) is 18.3 Å². The molecule has 2 aromatic carbocycles. The van der Waals surface area contributed by atoms with E-state index in [1.165, 1.54) is 0 Å². The molecule has 0 radical (unpaired) electrons. The van der Waals surface area contributed by atoms with Gasteiger partial charge in [-0.15, -0.1) is 0 Å². The van der Waals surface area contributed by atoms with Crippen LogP contribution in [0.4, 0.5) is 0 Å². The first kappa shape index (κ1) is 23.5. The zero-order chi connectivity index (χ0) is 23.4. The minimum atomic E-state index is -0.470. The lowest BCUT2D eigenvalue weighted by Gasteiger charge is -2.36. The number of carbonyl (C=O) groups excluding carboxylic acids is 2. The summed E-state index contributed by atoms with van der Waals surface area (Å²) in [6.45, 7) is 4.85. The number of ether oxygens (including phenoxy) is 2. The SMILES string of the molecule is CCOCCOC(=O)C1=C(C)NC2=C(C(=O)C[C@@H](c3ccccc3)C2)[C@H]1c1cccc(Br)c1. The number of benzene rings is 2. The van der Waals surface area contributed by atoms with Crippen LogP contribution in [0.15, 0.2) is 81.6 Å². The number of ketones is 1. The van der Waals surface area contributed by atoms with Gasteiger partial charge >= 0.3 is 5.97 Å². The Kier molecular flexibility index (Phi) is 7.46. The van der Waals surface area contributed by atoms with E-state index in [0.717, 1.165) is 33.4 Å². The highest BCUT2D eigenvalue weighted by atomic mass is 79.9. The van der Waals surface area contributed by atoms with Crippen molar-refractivity contribution in [2.45, 2.75) is 38.5 Å². The summed E-state index contributed by atoms with van der Waals surface area (Å²) in [5, 5.41) is 3.39. The summed E-state index contributed by atoms with van der Waals surface area (Å²) in [5.41, 5.74) is 4.81. The third-order valence-electron chi connectivity index (χ3n) is 6.17. The van der Waals surface area contributed by atoms with Gasteiger partial charge in [0.25, 0.3) is 0 Å². The van der Waals surface area contributed by atoms with Crippen LogP contribution in [0.3, 0.4) is 0 Å². The lowest BCUT2D eigenvalue weighted by Crippen LogP contribution is -2.36. The molecule has 6 heteroatoms. The molecule has 5 nitrogen and oxygen atoms in total. The largest absolute Gasteiger partial charge is 0.460 e. The molecule has 0 saturated heterocycles. The number of rotatable bonds is 7. The van der Waals surface area contributed by atoms with Crippen molar-refractivity contribution in [3.63, 3.8) is 0 Å². The molecule has 1 aliphatic carbocycles. The van der Waals surface area contributed by atoms with E-state index in [0.29, 0.717) is 30.8 Å². The summed E-state index contributed by atoms with van der Waals surface area (Å²) in [6, 6.07) is 17.9. The molecular formula is C27H28BrNO4. The molecule has 0 spiro atoms. The van der Waals surface area contributed by atoms with Crippen LogP contribution in [0.5, 0.6) is 0 Å². The second kappa shape index (κ2) is 10.5. The molecule has 0 bridgehead atoms. The number of carbonyl (C=O) groups is 2. The highest BCUT2D eigenvalue weighted by Crippen LogP contribution is 2.46. The van der Waals surface area contributed by atoms with Gasteiger partial charge in [0.15, 0.2) is 5.78 Å². The van der Waals surface area contributed by atoms with E-state index in [2.05, 4.69) is 33.4 Å². The topological polar surface area (TPSA) is 64.6 Å². The molecule has 1 heterocycles. The average Bonchev–Trinajstić information content (AvgIpc) is 2.81. The number of nitrogens with one attached hydrogen (secondary N) is 1. The summed E-state index contributed by atoms with van der Waals surface area (Å²) in [5.74, 6) is -0.716. The van der Waals surface area contributed by atoms with Crippen molar-refractivity contribution in [3.05, 3.63) is 92.7 Å². The van der Waals surface area contributed by atoms with Crippen molar-refractivity contribution >= 4 is 27.7 Å². The first-order valence-electron chi connectivity index (χ1n) is 11.3. The van der Waals surface area contributed by atoms with Crippen LogP contribution < -0.4 is 5.32 Å². The second-order valence-electron chi connectivity index (χ2n) is 8.32. The number of halogens is 1. The Hall–Kier alpha value is -2.70. The van der Waals surface area contributed by atoms with Crippen LogP contribution in [0, 0.1) is 0 Å². The number of hydrogen-bond donors (Lipinski definition) is 1. The predicted molar refractivity (Wildman–Crippen MR) is 131 cm³/mol. The Morgan fingerprint density at radius 3 is 2.55 bits per heavy atom. The molecule has 0 amide bonds. The van der Waals surface area contributed by atoms with Crippen LogP contribution in [-0.2, 0) is 19.1 Å². The average molecular weight is 510 g/mol. The van der Waals surface area contributed by atoms with Gasteiger partial charge in [0.1, 0.15) is 6.61 Å². The van der Waals surface area contributed by atoms with Crippen LogP contribution in [-0.4, -0.2) is 31.6 Å². The maximum Gasteiger partial charge on any atom is 0.336 e. The number of dihydropyridines is 1. The predicted octanol–water partition coefficient (Wildman–Crippen LogP) is 5.39. The third-order valence-corrected chi connectivity index (χ3v) is 6.66. The van der Waals surface area contributed by atoms with Gasteiger partial charge in [0, 0.05) is 40.4 Å². The highest BCUT2D eigenvalue weighted by molar-refractivity contribution is 9.10. The van der Waals surface area contributed by atoms with E-state index in [9.17, 15) is 9.59 Å². The Balaban J connectivity index is 1.72. The monoisotopic (exact) mass is 509 g/mol. The molecule has 4 rings (SSSR count). The molecule has 33 heavy (non-hydrogen) atoms. The van der Waals surface area contributed by atoms with Crippen LogP contribution >= 0.6 is 15.9 Å². The molecule has 1 N–H and O–H groups in total. The normalized spacial score (nSPS) is 20.4. The van der Waals surface area contributed by atoms with Gasteiger partial charge in [-0.3, -0.25) is 4.79 Å². The molecule has 0 aromatic heterocycles. The maximum absolute atomic E-state index is 13.6. The van der Waals surface area contributed by atoms with Crippen molar-refractivity contribution in [2.24, 2.45) is 0 Å². The van der Waals surface area contributed by atoms with Crippen LogP contribution in [0.1, 0.15) is 49.7 Å². The van der Waals surface area contributed by atoms with Gasteiger partial charge in [-0.1, -0.05) is 58.4 Å². The number of Topliss-reactive ketones (excluding diaryl/α,β-unsaturated/α-hetero) is 1. The minimum absolute atomic E-state index is 0.0645.